The molecule has 3 aromatic rings. The lowest BCUT2D eigenvalue weighted by Crippen LogP contribution is -1.91. The molecule has 0 aliphatic rings. The van der Waals surface area contributed by atoms with Gasteiger partial charge in [-0.1, -0.05) is 18.2 Å². The van der Waals surface area contributed by atoms with E-state index in [0.717, 1.165) is 32.8 Å². The van der Waals surface area contributed by atoms with Gasteiger partial charge in [-0.05, 0) is 64.8 Å². The second-order valence-corrected chi connectivity index (χ2v) is 5.59. The third-order valence-electron chi connectivity index (χ3n) is 3.16. The van der Waals surface area contributed by atoms with Gasteiger partial charge in [0.05, 0.1) is 17.1 Å². The van der Waals surface area contributed by atoms with E-state index in [1.807, 2.05) is 55.5 Å². The van der Waals surface area contributed by atoms with E-state index in [0.29, 0.717) is 0 Å². The number of hydrogen-bond acceptors (Lipinski definition) is 3. The number of phenols is 1. The molecule has 0 radical (unpaired) electrons. The molecular formula is C17H13BrN2O. The molecule has 3 nitrogen and oxygen atoms in total. The molecule has 0 unspecified atom stereocenters. The summed E-state index contributed by atoms with van der Waals surface area (Å²) >= 11 is 3.36. The summed E-state index contributed by atoms with van der Waals surface area (Å²) in [6, 6.07) is 17.0. The van der Waals surface area contributed by atoms with Crippen LogP contribution in [-0.2, 0) is 0 Å². The van der Waals surface area contributed by atoms with E-state index in [1.54, 1.807) is 6.07 Å². The molecular weight excluding hydrogens is 328 g/mol. The minimum atomic E-state index is 0.238. The summed E-state index contributed by atoms with van der Waals surface area (Å²) in [5.74, 6) is 0.238. The average Bonchev–Trinajstić information content (AvgIpc) is 2.47. The van der Waals surface area contributed by atoms with Crippen LogP contribution in [0.3, 0.4) is 0 Å². The first-order valence-electron chi connectivity index (χ1n) is 6.53. The predicted molar refractivity (Wildman–Crippen MR) is 87.0 cm³/mol. The van der Waals surface area contributed by atoms with Gasteiger partial charge >= 0.3 is 0 Å². The van der Waals surface area contributed by atoms with Crippen LogP contribution in [-0.4, -0.2) is 15.1 Å². The van der Waals surface area contributed by atoms with E-state index < -0.39 is 0 Å². The topological polar surface area (TPSA) is 46.0 Å². The first-order chi connectivity index (χ1) is 10.1. The Morgan fingerprint density at radius 3 is 2.24 bits per heavy atom. The standard InChI is InChI=1S/C17H13BrN2O/c1-11-8-9-12(16(21)10-11)13-4-2-5-14(19-13)15-6-3-7-17(18)20-15/h2-10,21H,1H3. The number of aromatic nitrogens is 2. The quantitative estimate of drug-likeness (QED) is 0.694. The zero-order valence-corrected chi connectivity index (χ0v) is 13.0. The van der Waals surface area contributed by atoms with Gasteiger partial charge < -0.3 is 5.11 Å². The van der Waals surface area contributed by atoms with E-state index >= 15 is 0 Å². The lowest BCUT2D eigenvalue weighted by molar-refractivity contribution is 0.476. The average molecular weight is 341 g/mol. The predicted octanol–water partition coefficient (Wildman–Crippen LogP) is 4.59. The zero-order valence-electron chi connectivity index (χ0n) is 11.4. The maximum absolute atomic E-state index is 10.1. The summed E-state index contributed by atoms with van der Waals surface area (Å²) in [5, 5.41) is 10.1. The van der Waals surface area contributed by atoms with Crippen molar-refractivity contribution in [3.8, 4) is 28.4 Å². The number of aromatic hydroxyl groups is 1. The second kappa shape index (κ2) is 5.66. The molecule has 0 atom stereocenters. The summed E-state index contributed by atoms with van der Waals surface area (Å²) < 4.78 is 0.769. The van der Waals surface area contributed by atoms with Crippen molar-refractivity contribution in [2.24, 2.45) is 0 Å². The maximum Gasteiger partial charge on any atom is 0.125 e. The molecule has 3 rings (SSSR count). The summed E-state index contributed by atoms with van der Waals surface area (Å²) in [6.07, 6.45) is 0. The first kappa shape index (κ1) is 13.8. The van der Waals surface area contributed by atoms with Crippen molar-refractivity contribution < 1.29 is 5.11 Å². The molecule has 1 aromatic carbocycles. The van der Waals surface area contributed by atoms with Gasteiger partial charge in [0, 0.05) is 5.56 Å². The summed E-state index contributed by atoms with van der Waals surface area (Å²) in [5.41, 5.74) is 4.02. The Morgan fingerprint density at radius 2 is 1.52 bits per heavy atom. The monoisotopic (exact) mass is 340 g/mol. The smallest absolute Gasteiger partial charge is 0.125 e. The third-order valence-corrected chi connectivity index (χ3v) is 3.60. The molecule has 1 N–H and O–H groups in total. The number of rotatable bonds is 2. The van der Waals surface area contributed by atoms with Crippen molar-refractivity contribution in [2.45, 2.75) is 6.92 Å². The van der Waals surface area contributed by atoms with Crippen LogP contribution in [0.25, 0.3) is 22.6 Å². The molecule has 0 aliphatic carbocycles. The number of hydrogen-bond donors (Lipinski definition) is 1. The number of halogens is 1. The lowest BCUT2D eigenvalue weighted by Gasteiger charge is -2.07. The van der Waals surface area contributed by atoms with E-state index in [4.69, 9.17) is 0 Å². The third kappa shape index (κ3) is 2.95. The fraction of sp³-hybridized carbons (Fsp3) is 0.0588. The van der Waals surface area contributed by atoms with Gasteiger partial charge in [0.25, 0.3) is 0 Å². The van der Waals surface area contributed by atoms with Crippen LogP contribution < -0.4 is 0 Å². The summed E-state index contributed by atoms with van der Waals surface area (Å²) in [4.78, 5) is 9.01. The molecule has 2 heterocycles. The van der Waals surface area contributed by atoms with E-state index in [2.05, 4.69) is 25.9 Å². The van der Waals surface area contributed by atoms with Gasteiger partial charge in [-0.25, -0.2) is 9.97 Å². The van der Waals surface area contributed by atoms with Crippen LogP contribution in [0.15, 0.2) is 59.2 Å². The second-order valence-electron chi connectivity index (χ2n) is 4.77. The van der Waals surface area contributed by atoms with Crippen LogP contribution in [0.1, 0.15) is 5.56 Å². The Balaban J connectivity index is 2.08. The Morgan fingerprint density at radius 1 is 0.857 bits per heavy atom. The molecule has 0 saturated carbocycles. The van der Waals surface area contributed by atoms with Crippen molar-refractivity contribution in [1.82, 2.24) is 9.97 Å². The molecule has 0 fully saturated rings. The van der Waals surface area contributed by atoms with Gasteiger partial charge in [0.15, 0.2) is 0 Å². The Hall–Kier alpha value is -2.20. The normalized spacial score (nSPS) is 10.6. The van der Waals surface area contributed by atoms with Gasteiger partial charge in [0.2, 0.25) is 0 Å². The highest BCUT2D eigenvalue weighted by Gasteiger charge is 2.08. The first-order valence-corrected chi connectivity index (χ1v) is 7.33. The molecule has 0 aliphatic heterocycles. The Labute approximate surface area is 131 Å². The van der Waals surface area contributed by atoms with Crippen molar-refractivity contribution in [1.29, 1.82) is 0 Å². The highest BCUT2D eigenvalue weighted by atomic mass is 79.9. The van der Waals surface area contributed by atoms with Crippen molar-refractivity contribution in [2.75, 3.05) is 0 Å². The van der Waals surface area contributed by atoms with E-state index in [-0.39, 0.29) is 5.75 Å². The highest BCUT2D eigenvalue weighted by Crippen LogP contribution is 2.30. The van der Waals surface area contributed by atoms with Crippen LogP contribution in [0.4, 0.5) is 0 Å². The molecule has 4 heteroatoms. The van der Waals surface area contributed by atoms with Crippen LogP contribution in [0.5, 0.6) is 5.75 Å². The van der Waals surface area contributed by atoms with Crippen LogP contribution in [0.2, 0.25) is 0 Å². The fourth-order valence-electron chi connectivity index (χ4n) is 2.14. The molecule has 0 spiro atoms. The van der Waals surface area contributed by atoms with Crippen LogP contribution >= 0.6 is 15.9 Å². The fourth-order valence-corrected chi connectivity index (χ4v) is 2.48. The molecule has 104 valence electrons. The van der Waals surface area contributed by atoms with Gasteiger partial charge in [-0.3, -0.25) is 0 Å². The molecule has 2 aromatic heterocycles. The Kier molecular flexibility index (Phi) is 3.71. The molecule has 0 bridgehead atoms. The number of phenolic OH excluding ortho intramolecular Hbond substituents is 1. The van der Waals surface area contributed by atoms with Crippen molar-refractivity contribution >= 4 is 15.9 Å². The zero-order chi connectivity index (χ0) is 14.8. The van der Waals surface area contributed by atoms with E-state index in [1.165, 1.54) is 0 Å². The number of pyridine rings is 2. The molecule has 0 amide bonds. The lowest BCUT2D eigenvalue weighted by atomic mass is 10.1. The van der Waals surface area contributed by atoms with Gasteiger partial charge in [0.1, 0.15) is 10.4 Å². The summed E-state index contributed by atoms with van der Waals surface area (Å²) in [7, 11) is 0. The highest BCUT2D eigenvalue weighted by molar-refractivity contribution is 9.10. The minimum absolute atomic E-state index is 0.238. The van der Waals surface area contributed by atoms with Gasteiger partial charge in [-0.2, -0.15) is 0 Å². The Bertz CT molecular complexity index is 802. The van der Waals surface area contributed by atoms with Crippen molar-refractivity contribution in [3.05, 3.63) is 64.8 Å². The van der Waals surface area contributed by atoms with E-state index in [9.17, 15) is 5.11 Å². The largest absolute Gasteiger partial charge is 0.507 e. The molecule has 21 heavy (non-hydrogen) atoms. The van der Waals surface area contributed by atoms with Gasteiger partial charge in [-0.15, -0.1) is 0 Å². The number of nitrogens with zero attached hydrogens (tertiary/aromatic N) is 2. The number of benzene rings is 1. The summed E-state index contributed by atoms with van der Waals surface area (Å²) in [6.45, 7) is 1.94. The SMILES string of the molecule is Cc1ccc(-c2cccc(-c3cccc(Br)n3)n2)c(O)c1. The van der Waals surface area contributed by atoms with Crippen molar-refractivity contribution in [3.63, 3.8) is 0 Å². The molecule has 0 saturated heterocycles. The minimum Gasteiger partial charge on any atom is -0.507 e. The van der Waals surface area contributed by atoms with Crippen LogP contribution in [0, 0.1) is 6.92 Å². The number of aryl methyl sites for hydroxylation is 1. The maximum atomic E-state index is 10.1.